The van der Waals surface area contributed by atoms with Crippen LogP contribution in [0.1, 0.15) is 50.1 Å². The van der Waals surface area contributed by atoms with E-state index in [-0.39, 0.29) is 11.4 Å². The van der Waals surface area contributed by atoms with Crippen LogP contribution in [0.5, 0.6) is 0 Å². The van der Waals surface area contributed by atoms with E-state index in [4.69, 9.17) is 0 Å². The van der Waals surface area contributed by atoms with Crippen LogP contribution in [0.25, 0.3) is 0 Å². The van der Waals surface area contributed by atoms with Gasteiger partial charge in [-0.15, -0.1) is 0 Å². The number of H-pyrrole nitrogens is 1. The number of hydrogen-bond acceptors (Lipinski definition) is 2. The summed E-state index contributed by atoms with van der Waals surface area (Å²) in [5, 5.41) is 6.35. The number of aromatic nitrogens is 2. The predicted octanol–water partition coefficient (Wildman–Crippen LogP) is 0.755. The van der Waals surface area contributed by atoms with Gasteiger partial charge < -0.3 is 10.6 Å². The van der Waals surface area contributed by atoms with Crippen molar-refractivity contribution in [2.75, 3.05) is 13.1 Å². The molecule has 0 radical (unpaired) electrons. The summed E-state index contributed by atoms with van der Waals surface area (Å²) in [5.74, 6) is -0.0118. The lowest BCUT2D eigenvalue weighted by molar-refractivity contribution is -0.725. The Balaban J connectivity index is 2.14. The first-order valence-electron chi connectivity index (χ1n) is 6.58. The van der Waals surface area contributed by atoms with Crippen molar-refractivity contribution in [2.24, 2.45) is 0 Å². The number of amides is 1. The van der Waals surface area contributed by atoms with Crippen LogP contribution in [0.3, 0.4) is 0 Å². The van der Waals surface area contributed by atoms with Crippen LogP contribution >= 0.6 is 0 Å². The number of nitrogens with zero attached hydrogens (tertiary/aromatic N) is 1. The molecule has 0 spiro atoms. The maximum Gasteiger partial charge on any atom is 0.295 e. The van der Waals surface area contributed by atoms with Crippen LogP contribution < -0.4 is 15.2 Å². The lowest BCUT2D eigenvalue weighted by Crippen LogP contribution is -2.51. The van der Waals surface area contributed by atoms with Gasteiger partial charge in [0, 0.05) is 18.4 Å². The van der Waals surface area contributed by atoms with E-state index in [0.29, 0.717) is 6.04 Å². The molecule has 100 valence electrons. The average Bonchev–Trinajstić information content (AvgIpc) is 2.76. The fourth-order valence-electron chi connectivity index (χ4n) is 2.31. The minimum absolute atomic E-state index is 0.0118. The van der Waals surface area contributed by atoms with Crippen molar-refractivity contribution in [1.29, 1.82) is 0 Å². The zero-order valence-electron chi connectivity index (χ0n) is 11.4. The van der Waals surface area contributed by atoms with Crippen LogP contribution in [0.2, 0.25) is 0 Å². The summed E-state index contributed by atoms with van der Waals surface area (Å²) in [5.41, 5.74) is 0.511. The molecule has 0 bridgehead atoms. The Morgan fingerprint density at radius 2 is 2.06 bits per heavy atom. The second kappa shape index (κ2) is 5.10. The zero-order valence-corrected chi connectivity index (χ0v) is 11.4. The van der Waals surface area contributed by atoms with Crippen LogP contribution in [-0.4, -0.2) is 29.5 Å². The number of rotatable bonds is 2. The van der Waals surface area contributed by atoms with Crippen molar-refractivity contribution >= 4 is 5.91 Å². The standard InChI is InChI=1S/C13H22N4O/c1-13(2,3)16-12(18)11-8-15-9-17(11)10-4-6-14-7-5-10/h8-10,14H,4-7H2,1-3H3,(H,16,18)/p+1. The van der Waals surface area contributed by atoms with E-state index in [1.54, 1.807) is 6.20 Å². The topological polar surface area (TPSA) is 60.8 Å². The van der Waals surface area contributed by atoms with E-state index < -0.39 is 0 Å². The molecule has 1 fully saturated rings. The number of aromatic amines is 1. The number of carbonyl (C=O) groups is 1. The van der Waals surface area contributed by atoms with Gasteiger partial charge >= 0.3 is 0 Å². The average molecular weight is 251 g/mol. The van der Waals surface area contributed by atoms with Crippen molar-refractivity contribution in [1.82, 2.24) is 15.6 Å². The van der Waals surface area contributed by atoms with Crippen molar-refractivity contribution in [3.05, 3.63) is 18.2 Å². The number of hydrogen-bond donors (Lipinski definition) is 3. The number of imidazole rings is 1. The van der Waals surface area contributed by atoms with E-state index in [9.17, 15) is 4.79 Å². The van der Waals surface area contributed by atoms with Gasteiger partial charge in [0.1, 0.15) is 12.2 Å². The van der Waals surface area contributed by atoms with Crippen molar-refractivity contribution < 1.29 is 9.36 Å². The van der Waals surface area contributed by atoms with Crippen LogP contribution in [-0.2, 0) is 0 Å². The Labute approximate surface area is 108 Å². The van der Waals surface area contributed by atoms with Gasteiger partial charge in [-0.25, -0.2) is 9.55 Å². The third-order valence-corrected chi connectivity index (χ3v) is 3.14. The van der Waals surface area contributed by atoms with Gasteiger partial charge in [0.2, 0.25) is 12.0 Å². The third kappa shape index (κ3) is 3.10. The molecule has 18 heavy (non-hydrogen) atoms. The smallest absolute Gasteiger partial charge is 0.295 e. The Bertz CT molecular complexity index is 413. The molecule has 1 aromatic heterocycles. The molecule has 0 aromatic carbocycles. The lowest BCUT2D eigenvalue weighted by atomic mass is 10.1. The van der Waals surface area contributed by atoms with E-state index in [1.807, 2.05) is 27.1 Å². The SMILES string of the molecule is CC(C)(C)NC(=O)c1c[nH]c[n+]1C1CCNCC1. The number of carbonyl (C=O) groups excluding carboxylic acids is 1. The molecule has 0 atom stereocenters. The molecule has 1 aliphatic rings. The maximum atomic E-state index is 12.2. The van der Waals surface area contributed by atoms with E-state index in [2.05, 4.69) is 20.2 Å². The molecule has 1 amide bonds. The Morgan fingerprint density at radius 1 is 1.39 bits per heavy atom. The number of nitrogens with one attached hydrogen (secondary N) is 3. The molecule has 1 saturated heterocycles. The highest BCUT2D eigenvalue weighted by atomic mass is 16.2. The van der Waals surface area contributed by atoms with Crippen LogP contribution in [0.15, 0.2) is 12.5 Å². The molecule has 0 unspecified atom stereocenters. The monoisotopic (exact) mass is 251 g/mol. The molecule has 2 heterocycles. The Hall–Kier alpha value is -1.36. The van der Waals surface area contributed by atoms with Crippen LogP contribution in [0, 0.1) is 0 Å². The molecule has 3 N–H and O–H groups in total. The molecular weight excluding hydrogens is 228 g/mol. The van der Waals surface area contributed by atoms with Gasteiger partial charge in [0.25, 0.3) is 5.91 Å². The first kappa shape index (κ1) is 13.1. The summed E-state index contributed by atoms with van der Waals surface area (Å²) in [6.07, 6.45) is 5.81. The minimum Gasteiger partial charge on any atom is -0.344 e. The lowest BCUT2D eigenvalue weighted by Gasteiger charge is -2.23. The highest BCUT2D eigenvalue weighted by Gasteiger charge is 2.27. The third-order valence-electron chi connectivity index (χ3n) is 3.14. The van der Waals surface area contributed by atoms with Crippen molar-refractivity contribution in [2.45, 2.75) is 45.2 Å². The van der Waals surface area contributed by atoms with E-state index in [1.165, 1.54) is 0 Å². The first-order chi connectivity index (χ1) is 8.47. The van der Waals surface area contributed by atoms with Gasteiger partial charge in [-0.1, -0.05) is 0 Å². The van der Waals surface area contributed by atoms with Crippen LogP contribution in [0.4, 0.5) is 0 Å². The summed E-state index contributed by atoms with van der Waals surface area (Å²) < 4.78 is 2.07. The summed E-state index contributed by atoms with van der Waals surface area (Å²) in [7, 11) is 0. The van der Waals surface area contributed by atoms with Gasteiger partial charge in [0.15, 0.2) is 0 Å². The molecule has 0 aliphatic carbocycles. The van der Waals surface area contributed by atoms with Gasteiger partial charge in [-0.2, -0.15) is 0 Å². The van der Waals surface area contributed by atoms with E-state index >= 15 is 0 Å². The van der Waals surface area contributed by atoms with Crippen molar-refractivity contribution in [3.63, 3.8) is 0 Å². The minimum atomic E-state index is -0.208. The molecule has 5 heteroatoms. The fraction of sp³-hybridized carbons (Fsp3) is 0.692. The first-order valence-corrected chi connectivity index (χ1v) is 6.58. The molecule has 1 aromatic rings. The fourth-order valence-corrected chi connectivity index (χ4v) is 2.31. The Morgan fingerprint density at radius 3 is 2.67 bits per heavy atom. The second-order valence-electron chi connectivity index (χ2n) is 5.92. The summed E-state index contributed by atoms with van der Waals surface area (Å²) >= 11 is 0. The summed E-state index contributed by atoms with van der Waals surface area (Å²) in [6.45, 7) is 8.01. The molecule has 1 aliphatic heterocycles. The maximum absolute atomic E-state index is 12.2. The highest BCUT2D eigenvalue weighted by molar-refractivity contribution is 5.91. The summed E-state index contributed by atoms with van der Waals surface area (Å²) in [4.78, 5) is 15.3. The Kier molecular flexibility index (Phi) is 3.71. The largest absolute Gasteiger partial charge is 0.344 e. The molecular formula is C13H23N4O+. The van der Waals surface area contributed by atoms with Gasteiger partial charge in [-0.05, 0) is 33.9 Å². The molecule has 5 nitrogen and oxygen atoms in total. The quantitative estimate of drug-likeness (QED) is 0.679. The molecule has 0 saturated carbocycles. The van der Waals surface area contributed by atoms with Gasteiger partial charge in [0.05, 0.1) is 0 Å². The van der Waals surface area contributed by atoms with E-state index in [0.717, 1.165) is 31.6 Å². The molecule has 2 rings (SSSR count). The summed E-state index contributed by atoms with van der Waals surface area (Å²) in [6, 6.07) is 0.415. The number of piperidine rings is 1. The highest BCUT2D eigenvalue weighted by Crippen LogP contribution is 2.12. The van der Waals surface area contributed by atoms with Crippen molar-refractivity contribution in [3.8, 4) is 0 Å². The normalized spacial score (nSPS) is 17.7. The van der Waals surface area contributed by atoms with Gasteiger partial charge in [-0.3, -0.25) is 4.79 Å². The zero-order chi connectivity index (χ0) is 13.2. The predicted molar refractivity (Wildman–Crippen MR) is 69.3 cm³/mol. The second-order valence-corrected chi connectivity index (χ2v) is 5.92.